The normalized spacial score (nSPS) is 23.7. The highest BCUT2D eigenvalue weighted by molar-refractivity contribution is 6.62. The van der Waals surface area contributed by atoms with E-state index in [1.807, 2.05) is 27.0 Å². The van der Waals surface area contributed by atoms with Crippen LogP contribution in [-0.2, 0) is 20.5 Å². The van der Waals surface area contributed by atoms with Crippen LogP contribution in [0.1, 0.15) is 74.3 Å². The second-order valence-corrected chi connectivity index (χ2v) is 12.3. The van der Waals surface area contributed by atoms with E-state index in [9.17, 15) is 4.79 Å². The Kier molecular flexibility index (Phi) is 7.03. The van der Waals surface area contributed by atoms with Crippen LogP contribution in [0.4, 0.5) is 10.7 Å². The highest BCUT2D eigenvalue weighted by atomic mass is 16.7. The van der Waals surface area contributed by atoms with Gasteiger partial charge in [0.25, 0.3) is 0 Å². The van der Waals surface area contributed by atoms with E-state index in [1.54, 1.807) is 4.90 Å². The van der Waals surface area contributed by atoms with Crippen molar-refractivity contribution in [1.29, 1.82) is 0 Å². The fourth-order valence-electron chi connectivity index (χ4n) is 4.81. The number of hydrogen-bond acceptors (Lipinski definition) is 7. The molecule has 0 bridgehead atoms. The lowest BCUT2D eigenvalue weighted by molar-refractivity contribution is 0.00578. The molecule has 2 aliphatic rings. The predicted molar refractivity (Wildman–Crippen MR) is 144 cm³/mol. The van der Waals surface area contributed by atoms with Crippen LogP contribution < -0.4 is 10.8 Å². The number of aryl methyl sites for hydroxylation is 1. The van der Waals surface area contributed by atoms with Crippen molar-refractivity contribution in [3.05, 3.63) is 23.9 Å². The van der Waals surface area contributed by atoms with Crippen molar-refractivity contribution in [1.82, 2.24) is 14.9 Å². The molecule has 1 aromatic heterocycles. The Bertz CT molecular complexity index is 1110. The zero-order valence-corrected chi connectivity index (χ0v) is 23.3. The molecule has 196 valence electrons. The van der Waals surface area contributed by atoms with Crippen LogP contribution in [0.3, 0.4) is 0 Å². The van der Waals surface area contributed by atoms with Gasteiger partial charge in [0.2, 0.25) is 5.95 Å². The van der Waals surface area contributed by atoms with Crippen molar-refractivity contribution in [3.8, 4) is 0 Å². The molecule has 2 aliphatic heterocycles. The van der Waals surface area contributed by atoms with Gasteiger partial charge in [0, 0.05) is 30.7 Å². The minimum Gasteiger partial charge on any atom is -0.444 e. The molecule has 1 aromatic carbocycles. The molecule has 8 nitrogen and oxygen atoms in total. The Morgan fingerprint density at radius 1 is 1.19 bits per heavy atom. The van der Waals surface area contributed by atoms with E-state index in [-0.39, 0.29) is 12.1 Å². The van der Waals surface area contributed by atoms with Gasteiger partial charge in [-0.15, -0.1) is 0 Å². The number of carbonyl (C=O) groups is 1. The smallest absolute Gasteiger partial charge is 0.444 e. The fraction of sp³-hybridized carbons (Fsp3) is 0.667. The van der Waals surface area contributed by atoms with E-state index in [0.717, 1.165) is 34.8 Å². The van der Waals surface area contributed by atoms with Crippen LogP contribution in [0.5, 0.6) is 0 Å². The molecule has 1 amide bonds. The number of anilines is 1. The quantitative estimate of drug-likeness (QED) is 0.622. The number of hydrogen-bond donors (Lipinski definition) is 1. The fourth-order valence-corrected chi connectivity index (χ4v) is 4.81. The van der Waals surface area contributed by atoms with Crippen molar-refractivity contribution in [2.24, 2.45) is 5.92 Å². The molecule has 0 unspecified atom stereocenters. The number of fused-ring (bicyclic) bond motifs is 1. The lowest BCUT2D eigenvalue weighted by Crippen LogP contribution is -2.49. The van der Waals surface area contributed by atoms with Crippen molar-refractivity contribution in [3.63, 3.8) is 0 Å². The minimum atomic E-state index is -0.516. The van der Waals surface area contributed by atoms with Crippen LogP contribution >= 0.6 is 0 Å². The number of nitrogens with zero attached hydrogens (tertiary/aromatic N) is 3. The molecule has 2 fully saturated rings. The van der Waals surface area contributed by atoms with Gasteiger partial charge in [-0.25, -0.2) is 14.8 Å². The third kappa shape index (κ3) is 5.62. The van der Waals surface area contributed by atoms with E-state index in [0.29, 0.717) is 25.0 Å². The molecule has 0 radical (unpaired) electrons. The summed E-state index contributed by atoms with van der Waals surface area (Å²) in [7, 11) is -0.426. The van der Waals surface area contributed by atoms with E-state index in [1.165, 1.54) is 0 Å². The second-order valence-electron chi connectivity index (χ2n) is 12.3. The third-order valence-electron chi connectivity index (χ3n) is 7.34. The molecular formula is C27H41BN4O4. The number of carbonyl (C=O) groups excluding carboxylic acids is 1. The van der Waals surface area contributed by atoms with Crippen LogP contribution in [-0.4, -0.2) is 64.0 Å². The number of nitrogens with one attached hydrogen (secondary N) is 1. The number of ether oxygens (including phenoxy) is 1. The van der Waals surface area contributed by atoms with Crippen LogP contribution in [0.15, 0.2) is 18.3 Å². The van der Waals surface area contributed by atoms with E-state index < -0.39 is 23.9 Å². The predicted octanol–water partition coefficient (Wildman–Crippen LogP) is 4.55. The maximum atomic E-state index is 12.7. The van der Waals surface area contributed by atoms with E-state index in [4.69, 9.17) is 19.0 Å². The molecule has 0 saturated carbocycles. The maximum absolute atomic E-state index is 12.7. The number of aromatic nitrogens is 2. The van der Waals surface area contributed by atoms with Crippen LogP contribution in [0, 0.1) is 5.92 Å². The van der Waals surface area contributed by atoms with Crippen molar-refractivity contribution >= 4 is 35.5 Å². The second kappa shape index (κ2) is 9.49. The van der Waals surface area contributed by atoms with Crippen LogP contribution in [0.25, 0.3) is 10.9 Å². The van der Waals surface area contributed by atoms with Gasteiger partial charge in [0.15, 0.2) is 0 Å². The molecule has 0 spiro atoms. The van der Waals surface area contributed by atoms with Gasteiger partial charge >= 0.3 is 13.2 Å². The first-order valence-corrected chi connectivity index (χ1v) is 13.1. The van der Waals surface area contributed by atoms with Crippen molar-refractivity contribution in [2.45, 2.75) is 98.0 Å². The summed E-state index contributed by atoms with van der Waals surface area (Å²) in [6.45, 7) is 19.4. The molecule has 1 N–H and O–H groups in total. The van der Waals surface area contributed by atoms with Gasteiger partial charge in [-0.1, -0.05) is 26.0 Å². The van der Waals surface area contributed by atoms with Crippen molar-refractivity contribution < 1.29 is 18.8 Å². The SMILES string of the molecule is CCc1cc(B2OC(C)(C)C(C)(C)O2)cc2cnc(N[C@H]3C[C@@H](C)CN(C(=O)OC(C)(C)C)C3)nc12. The summed E-state index contributed by atoms with van der Waals surface area (Å²) in [4.78, 5) is 23.9. The van der Waals surface area contributed by atoms with Gasteiger partial charge in [0.1, 0.15) is 5.60 Å². The van der Waals surface area contributed by atoms with E-state index >= 15 is 0 Å². The molecule has 2 aromatic rings. The summed E-state index contributed by atoms with van der Waals surface area (Å²) in [5, 5.41) is 4.43. The number of benzene rings is 1. The first kappa shape index (κ1) is 26.7. The van der Waals surface area contributed by atoms with Crippen LogP contribution in [0.2, 0.25) is 0 Å². The average Bonchev–Trinajstić information content (AvgIpc) is 2.98. The molecule has 36 heavy (non-hydrogen) atoms. The first-order chi connectivity index (χ1) is 16.7. The average molecular weight is 496 g/mol. The molecule has 4 rings (SSSR count). The summed E-state index contributed by atoms with van der Waals surface area (Å²) in [6.07, 6.45) is 3.34. The molecule has 9 heteroatoms. The zero-order valence-electron chi connectivity index (χ0n) is 23.3. The molecule has 2 saturated heterocycles. The summed E-state index contributed by atoms with van der Waals surface area (Å²) < 4.78 is 18.1. The van der Waals surface area contributed by atoms with Gasteiger partial charge in [0.05, 0.1) is 16.7 Å². The summed E-state index contributed by atoms with van der Waals surface area (Å²) in [6, 6.07) is 4.24. The van der Waals surface area contributed by atoms with Gasteiger partial charge in [-0.2, -0.15) is 0 Å². The molecular weight excluding hydrogens is 455 g/mol. The number of piperidine rings is 1. The lowest BCUT2D eigenvalue weighted by atomic mass is 9.77. The monoisotopic (exact) mass is 496 g/mol. The number of likely N-dealkylation sites (tertiary alicyclic amines) is 1. The zero-order chi connectivity index (χ0) is 26.5. The highest BCUT2D eigenvalue weighted by Crippen LogP contribution is 2.37. The number of amides is 1. The van der Waals surface area contributed by atoms with E-state index in [2.05, 4.69) is 64.0 Å². The molecule has 3 heterocycles. The maximum Gasteiger partial charge on any atom is 0.494 e. The Labute approximate surface area is 215 Å². The standard InChI is InChI=1S/C27H41BN4O4/c1-10-18-12-20(28-35-26(6,7)27(8,9)36-28)13-19-14-29-23(31-22(18)19)30-21-11-17(2)15-32(16-21)24(33)34-25(3,4)5/h12-14,17,21H,10-11,15-16H2,1-9H3,(H,29,30,31)/t17-,21+/m1/s1. The lowest BCUT2D eigenvalue weighted by Gasteiger charge is -2.37. The summed E-state index contributed by atoms with van der Waals surface area (Å²) in [5.41, 5.74) is 1.72. The summed E-state index contributed by atoms with van der Waals surface area (Å²) in [5.74, 6) is 0.918. The Balaban J connectivity index is 1.54. The third-order valence-corrected chi connectivity index (χ3v) is 7.34. The Hall–Kier alpha value is -2.39. The Morgan fingerprint density at radius 2 is 1.86 bits per heavy atom. The first-order valence-electron chi connectivity index (χ1n) is 13.1. The highest BCUT2D eigenvalue weighted by Gasteiger charge is 2.51. The number of rotatable bonds is 4. The topological polar surface area (TPSA) is 85.8 Å². The van der Waals surface area contributed by atoms with Gasteiger partial charge in [-0.05, 0) is 78.3 Å². The summed E-state index contributed by atoms with van der Waals surface area (Å²) >= 11 is 0. The Morgan fingerprint density at radius 3 is 2.47 bits per heavy atom. The molecule has 2 atom stereocenters. The van der Waals surface area contributed by atoms with Crippen molar-refractivity contribution in [2.75, 3.05) is 18.4 Å². The van der Waals surface area contributed by atoms with Gasteiger partial charge in [-0.3, -0.25) is 0 Å². The largest absolute Gasteiger partial charge is 0.494 e. The minimum absolute atomic E-state index is 0.0489. The van der Waals surface area contributed by atoms with Gasteiger partial charge < -0.3 is 24.3 Å². The molecule has 0 aliphatic carbocycles.